The lowest BCUT2D eigenvalue weighted by Gasteiger charge is -2.17. The Labute approximate surface area is 76.6 Å². The zero-order valence-corrected chi connectivity index (χ0v) is 7.58. The van der Waals surface area contributed by atoms with Crippen LogP contribution in [0.5, 0.6) is 0 Å². The van der Waals surface area contributed by atoms with E-state index in [-0.39, 0.29) is 0 Å². The van der Waals surface area contributed by atoms with E-state index in [9.17, 15) is 0 Å². The minimum Gasteiger partial charge on any atom is -0.258 e. The summed E-state index contributed by atoms with van der Waals surface area (Å²) < 4.78 is 0. The van der Waals surface area contributed by atoms with Crippen molar-refractivity contribution in [3.63, 3.8) is 0 Å². The van der Waals surface area contributed by atoms with Crippen molar-refractivity contribution in [1.29, 1.82) is 0 Å². The summed E-state index contributed by atoms with van der Waals surface area (Å²) >= 11 is 5.85. The van der Waals surface area contributed by atoms with Crippen molar-refractivity contribution < 1.29 is 4.84 Å². The predicted octanol–water partition coefficient (Wildman–Crippen LogP) is 1.97. The van der Waals surface area contributed by atoms with Crippen molar-refractivity contribution >= 4 is 17.3 Å². The van der Waals surface area contributed by atoms with Gasteiger partial charge in [-0.1, -0.05) is 23.7 Å². The van der Waals surface area contributed by atoms with E-state index in [1.54, 1.807) is 12.1 Å². The molecular formula is C8H11ClN2O. The second-order valence-corrected chi connectivity index (χ2v) is 2.60. The SMILES string of the molecule is CCON(N)c1ccccc1Cl. The van der Waals surface area contributed by atoms with Crippen molar-refractivity contribution in [2.75, 3.05) is 11.8 Å². The summed E-state index contributed by atoms with van der Waals surface area (Å²) in [5.41, 5.74) is 0.668. The Morgan fingerprint density at radius 1 is 1.50 bits per heavy atom. The number of hydrogen-bond donors (Lipinski definition) is 1. The zero-order valence-electron chi connectivity index (χ0n) is 6.83. The smallest absolute Gasteiger partial charge is 0.101 e. The molecule has 0 radical (unpaired) electrons. The van der Waals surface area contributed by atoms with E-state index < -0.39 is 0 Å². The highest BCUT2D eigenvalue weighted by molar-refractivity contribution is 6.33. The zero-order chi connectivity index (χ0) is 8.97. The summed E-state index contributed by atoms with van der Waals surface area (Å²) in [6.07, 6.45) is 0. The van der Waals surface area contributed by atoms with Crippen molar-refractivity contribution in [3.05, 3.63) is 29.3 Å². The maximum Gasteiger partial charge on any atom is 0.101 e. The van der Waals surface area contributed by atoms with Crippen LogP contribution in [-0.2, 0) is 4.84 Å². The van der Waals surface area contributed by atoms with E-state index >= 15 is 0 Å². The first-order valence-corrected chi connectivity index (χ1v) is 4.05. The van der Waals surface area contributed by atoms with Crippen LogP contribution in [0.25, 0.3) is 0 Å². The van der Waals surface area contributed by atoms with Crippen LogP contribution in [0.4, 0.5) is 5.69 Å². The van der Waals surface area contributed by atoms with Gasteiger partial charge in [-0.2, -0.15) is 5.17 Å². The summed E-state index contributed by atoms with van der Waals surface area (Å²) in [6.45, 7) is 2.37. The van der Waals surface area contributed by atoms with Gasteiger partial charge in [0.25, 0.3) is 0 Å². The molecule has 3 nitrogen and oxygen atoms in total. The van der Waals surface area contributed by atoms with Gasteiger partial charge in [-0.25, -0.2) is 5.84 Å². The Morgan fingerprint density at radius 3 is 2.75 bits per heavy atom. The lowest BCUT2D eigenvalue weighted by molar-refractivity contribution is 0.120. The molecule has 0 heterocycles. The monoisotopic (exact) mass is 186 g/mol. The summed E-state index contributed by atoms with van der Waals surface area (Å²) in [6, 6.07) is 7.24. The number of nitrogens with two attached hydrogens (primary N) is 1. The van der Waals surface area contributed by atoms with Crippen molar-refractivity contribution in [2.24, 2.45) is 5.84 Å². The third-order valence-electron chi connectivity index (χ3n) is 1.36. The van der Waals surface area contributed by atoms with Crippen LogP contribution in [0.3, 0.4) is 0 Å². The first-order chi connectivity index (χ1) is 5.75. The fourth-order valence-corrected chi connectivity index (χ4v) is 1.06. The third kappa shape index (κ3) is 2.11. The molecule has 0 aliphatic rings. The van der Waals surface area contributed by atoms with E-state index in [0.717, 1.165) is 0 Å². The molecule has 66 valence electrons. The Hall–Kier alpha value is -0.770. The molecule has 2 N–H and O–H groups in total. The highest BCUT2D eigenvalue weighted by Crippen LogP contribution is 2.22. The van der Waals surface area contributed by atoms with Gasteiger partial charge in [-0.05, 0) is 19.1 Å². The molecule has 1 aromatic carbocycles. The fourth-order valence-electron chi connectivity index (χ4n) is 0.839. The molecule has 1 aromatic rings. The Morgan fingerprint density at radius 2 is 2.17 bits per heavy atom. The van der Waals surface area contributed by atoms with Crippen LogP contribution in [0.15, 0.2) is 24.3 Å². The number of benzene rings is 1. The molecule has 0 aromatic heterocycles. The normalized spacial score (nSPS) is 9.92. The maximum absolute atomic E-state index is 5.85. The number of nitrogens with zero attached hydrogens (tertiary/aromatic N) is 1. The first-order valence-electron chi connectivity index (χ1n) is 3.68. The van der Waals surface area contributed by atoms with E-state index in [1.807, 2.05) is 19.1 Å². The van der Waals surface area contributed by atoms with Crippen LogP contribution >= 0.6 is 11.6 Å². The molecule has 4 heteroatoms. The molecular weight excluding hydrogens is 176 g/mol. The molecule has 0 aliphatic heterocycles. The lowest BCUT2D eigenvalue weighted by Crippen LogP contribution is -2.31. The Bertz CT molecular complexity index is 255. The molecule has 0 atom stereocenters. The molecule has 0 bridgehead atoms. The van der Waals surface area contributed by atoms with Gasteiger partial charge < -0.3 is 0 Å². The van der Waals surface area contributed by atoms with Gasteiger partial charge >= 0.3 is 0 Å². The average molecular weight is 187 g/mol. The van der Waals surface area contributed by atoms with Crippen LogP contribution < -0.4 is 11.0 Å². The van der Waals surface area contributed by atoms with Gasteiger partial charge in [0, 0.05) is 0 Å². The maximum atomic E-state index is 5.85. The molecule has 1 rings (SSSR count). The van der Waals surface area contributed by atoms with Crippen LogP contribution in [0.2, 0.25) is 5.02 Å². The van der Waals surface area contributed by atoms with Crippen molar-refractivity contribution in [1.82, 2.24) is 0 Å². The van der Waals surface area contributed by atoms with Gasteiger partial charge in [0.1, 0.15) is 5.69 Å². The predicted molar refractivity (Wildman–Crippen MR) is 49.7 cm³/mol. The average Bonchev–Trinajstić information content (AvgIpc) is 2.05. The highest BCUT2D eigenvalue weighted by Gasteiger charge is 2.04. The molecule has 0 amide bonds. The Kier molecular flexibility index (Phi) is 3.34. The summed E-state index contributed by atoms with van der Waals surface area (Å²) in [4.78, 5) is 5.04. The molecule has 0 saturated carbocycles. The molecule has 0 aliphatic carbocycles. The second-order valence-electron chi connectivity index (χ2n) is 2.19. The number of rotatable bonds is 3. The summed E-state index contributed by atoms with van der Waals surface area (Å²) in [7, 11) is 0. The number of anilines is 1. The fraction of sp³-hybridized carbons (Fsp3) is 0.250. The van der Waals surface area contributed by atoms with Gasteiger partial charge in [0.2, 0.25) is 0 Å². The Balaban J connectivity index is 2.79. The highest BCUT2D eigenvalue weighted by atomic mass is 35.5. The van der Waals surface area contributed by atoms with Crippen LogP contribution in [0.1, 0.15) is 6.92 Å². The second kappa shape index (κ2) is 4.30. The summed E-state index contributed by atoms with van der Waals surface area (Å²) in [5.74, 6) is 5.53. The number of hydrogen-bond acceptors (Lipinski definition) is 3. The van der Waals surface area contributed by atoms with Crippen LogP contribution in [0, 0.1) is 0 Å². The number of hydrazine groups is 1. The molecule has 0 unspecified atom stereocenters. The molecule has 0 spiro atoms. The first kappa shape index (κ1) is 9.32. The number of halogens is 1. The van der Waals surface area contributed by atoms with E-state index in [4.69, 9.17) is 22.3 Å². The van der Waals surface area contributed by atoms with Gasteiger partial charge in [0.15, 0.2) is 0 Å². The topological polar surface area (TPSA) is 38.5 Å². The quantitative estimate of drug-likeness (QED) is 0.580. The van der Waals surface area contributed by atoms with E-state index in [2.05, 4.69) is 0 Å². The van der Waals surface area contributed by atoms with Gasteiger partial charge in [-0.3, -0.25) is 4.84 Å². The number of para-hydroxylation sites is 1. The van der Waals surface area contributed by atoms with E-state index in [0.29, 0.717) is 17.3 Å². The minimum absolute atomic E-state index is 0.516. The standard InChI is InChI=1S/C8H11ClN2O/c1-2-12-11(10)8-6-4-3-5-7(8)9/h3-6H,2,10H2,1H3. The largest absolute Gasteiger partial charge is 0.258 e. The van der Waals surface area contributed by atoms with E-state index in [1.165, 1.54) is 5.17 Å². The van der Waals surface area contributed by atoms with Gasteiger partial charge in [0.05, 0.1) is 11.6 Å². The molecule has 0 saturated heterocycles. The lowest BCUT2D eigenvalue weighted by atomic mass is 10.3. The molecule has 0 fully saturated rings. The van der Waals surface area contributed by atoms with Crippen molar-refractivity contribution in [2.45, 2.75) is 6.92 Å². The van der Waals surface area contributed by atoms with Crippen molar-refractivity contribution in [3.8, 4) is 0 Å². The van der Waals surface area contributed by atoms with Crippen LogP contribution in [-0.4, -0.2) is 6.61 Å². The minimum atomic E-state index is 0.516. The summed E-state index contributed by atoms with van der Waals surface area (Å²) in [5, 5.41) is 1.75. The third-order valence-corrected chi connectivity index (χ3v) is 1.68. The van der Waals surface area contributed by atoms with Gasteiger partial charge in [-0.15, -0.1) is 0 Å². The molecule has 12 heavy (non-hydrogen) atoms.